The molecule has 0 saturated heterocycles. The summed E-state index contributed by atoms with van der Waals surface area (Å²) in [5.74, 6) is 0.734. The third-order valence-corrected chi connectivity index (χ3v) is 8.11. The molecule has 0 unspecified atom stereocenters. The van der Waals surface area contributed by atoms with Crippen LogP contribution in [0.15, 0.2) is 65.6 Å². The van der Waals surface area contributed by atoms with Crippen molar-refractivity contribution in [2.75, 3.05) is 20.8 Å². The molecule has 3 rings (SSSR count). The van der Waals surface area contributed by atoms with Gasteiger partial charge in [0.05, 0.1) is 31.7 Å². The lowest BCUT2D eigenvalue weighted by atomic mass is 10.1. The number of ether oxygens (including phenoxy) is 2. The lowest BCUT2D eigenvalue weighted by Gasteiger charge is -2.25. The van der Waals surface area contributed by atoms with Crippen LogP contribution in [0.2, 0.25) is 0 Å². The van der Waals surface area contributed by atoms with E-state index in [1.165, 1.54) is 4.31 Å². The lowest BCUT2D eigenvalue weighted by Crippen LogP contribution is -2.41. The quantitative estimate of drug-likeness (QED) is 0.428. The van der Waals surface area contributed by atoms with Gasteiger partial charge in [0, 0.05) is 6.54 Å². The van der Waals surface area contributed by atoms with Crippen LogP contribution >= 0.6 is 0 Å². The van der Waals surface area contributed by atoms with Crippen LogP contribution in [-0.4, -0.2) is 39.4 Å². The fraction of sp³-hybridized carbons (Fsp3) is 0.321. The minimum absolute atomic E-state index is 0.0775. The Hall–Kier alpha value is -3.36. The summed E-state index contributed by atoms with van der Waals surface area (Å²) >= 11 is 0. The first-order valence-corrected chi connectivity index (χ1v) is 13.1. The van der Waals surface area contributed by atoms with Crippen LogP contribution in [0.25, 0.3) is 0 Å². The smallest absolute Gasteiger partial charge is 0.244 e. The van der Waals surface area contributed by atoms with Gasteiger partial charge < -0.3 is 14.8 Å². The number of hydrogen-bond donors (Lipinski definition) is 1. The van der Waals surface area contributed by atoms with Crippen LogP contribution in [0.4, 0.5) is 0 Å². The average Bonchev–Trinajstić information content (AvgIpc) is 2.82. The minimum Gasteiger partial charge on any atom is -0.493 e. The zero-order valence-corrected chi connectivity index (χ0v) is 22.5. The molecule has 192 valence electrons. The molecule has 0 aliphatic carbocycles. The zero-order chi connectivity index (χ0) is 26.5. The highest BCUT2D eigenvalue weighted by Gasteiger charge is 2.30. The molecule has 0 heterocycles. The summed E-state index contributed by atoms with van der Waals surface area (Å²) in [5.41, 5.74) is 3.90. The van der Waals surface area contributed by atoms with E-state index in [0.29, 0.717) is 22.6 Å². The number of hydrogen-bond acceptors (Lipinski definition) is 5. The molecule has 8 heteroatoms. The Labute approximate surface area is 214 Å². The van der Waals surface area contributed by atoms with Crippen molar-refractivity contribution in [2.24, 2.45) is 0 Å². The van der Waals surface area contributed by atoms with Gasteiger partial charge in [0.2, 0.25) is 15.9 Å². The maximum atomic E-state index is 13.9. The van der Waals surface area contributed by atoms with E-state index in [-0.39, 0.29) is 24.0 Å². The summed E-state index contributed by atoms with van der Waals surface area (Å²) in [6, 6.07) is 18.0. The molecule has 0 bridgehead atoms. The predicted octanol–water partition coefficient (Wildman–Crippen LogP) is 4.70. The molecule has 0 aliphatic rings. The van der Waals surface area contributed by atoms with Gasteiger partial charge in [-0.3, -0.25) is 4.79 Å². The molecule has 36 heavy (non-hydrogen) atoms. The maximum absolute atomic E-state index is 13.9. The number of nitrogens with one attached hydrogen (secondary N) is 1. The number of rotatable bonds is 10. The van der Waals surface area contributed by atoms with Gasteiger partial charge in [0.1, 0.15) is 0 Å². The number of benzene rings is 3. The van der Waals surface area contributed by atoms with Crippen LogP contribution < -0.4 is 14.8 Å². The summed E-state index contributed by atoms with van der Waals surface area (Å²) in [6.45, 7) is 7.10. The minimum atomic E-state index is -3.96. The standard InChI is InChI=1S/C28H34N2O5S/c1-19-14-20(2)28(21(3)15-19)36(32,33)30(17-23-10-8-7-9-11-23)18-27(31)29-22(4)24-12-13-25(34-5)26(16-24)35-6/h7-16,22H,17-18H2,1-6H3,(H,29,31)/t22-/m1/s1. The Morgan fingerprint density at radius 2 is 1.53 bits per heavy atom. The summed E-state index contributed by atoms with van der Waals surface area (Å²) in [5, 5.41) is 2.92. The second-order valence-corrected chi connectivity index (χ2v) is 10.8. The average molecular weight is 511 g/mol. The van der Waals surface area contributed by atoms with Gasteiger partial charge in [0.25, 0.3) is 0 Å². The van der Waals surface area contributed by atoms with E-state index in [2.05, 4.69) is 5.32 Å². The first kappa shape index (κ1) is 27.2. The molecule has 3 aromatic rings. The molecule has 7 nitrogen and oxygen atoms in total. The first-order valence-electron chi connectivity index (χ1n) is 11.7. The van der Waals surface area contributed by atoms with Crippen molar-refractivity contribution in [3.05, 3.63) is 88.5 Å². The molecule has 0 spiro atoms. The van der Waals surface area contributed by atoms with Crippen LogP contribution in [0, 0.1) is 20.8 Å². The number of sulfonamides is 1. The first-order chi connectivity index (χ1) is 17.1. The van der Waals surface area contributed by atoms with Gasteiger partial charge in [-0.15, -0.1) is 0 Å². The van der Waals surface area contributed by atoms with Gasteiger partial charge >= 0.3 is 0 Å². The molecule has 3 aromatic carbocycles. The van der Waals surface area contributed by atoms with E-state index >= 15 is 0 Å². The van der Waals surface area contributed by atoms with Crippen molar-refractivity contribution in [2.45, 2.75) is 45.2 Å². The highest BCUT2D eigenvalue weighted by Crippen LogP contribution is 2.30. The Kier molecular flexibility index (Phi) is 8.76. The van der Waals surface area contributed by atoms with E-state index in [0.717, 1.165) is 16.7 Å². The van der Waals surface area contributed by atoms with E-state index in [4.69, 9.17) is 9.47 Å². The molecule has 1 atom stereocenters. The number of carbonyl (C=O) groups is 1. The molecule has 0 fully saturated rings. The molecule has 0 aliphatic heterocycles. The molecular formula is C28H34N2O5S. The Morgan fingerprint density at radius 3 is 2.11 bits per heavy atom. The molecular weight excluding hydrogens is 476 g/mol. The van der Waals surface area contributed by atoms with Gasteiger partial charge in [-0.1, -0.05) is 54.1 Å². The Balaban J connectivity index is 1.89. The van der Waals surface area contributed by atoms with Crippen LogP contribution in [-0.2, 0) is 21.4 Å². The van der Waals surface area contributed by atoms with Gasteiger partial charge in [-0.2, -0.15) is 4.31 Å². The number of methoxy groups -OCH3 is 2. The van der Waals surface area contributed by atoms with Crippen molar-refractivity contribution < 1.29 is 22.7 Å². The second-order valence-electron chi connectivity index (χ2n) is 8.89. The van der Waals surface area contributed by atoms with Crippen molar-refractivity contribution in [1.82, 2.24) is 9.62 Å². The predicted molar refractivity (Wildman–Crippen MR) is 141 cm³/mol. The summed E-state index contributed by atoms with van der Waals surface area (Å²) in [7, 11) is -0.851. The fourth-order valence-corrected chi connectivity index (χ4v) is 6.16. The zero-order valence-electron chi connectivity index (χ0n) is 21.7. The monoisotopic (exact) mass is 510 g/mol. The Bertz CT molecular complexity index is 1300. The van der Waals surface area contributed by atoms with E-state index in [1.54, 1.807) is 40.2 Å². The highest BCUT2D eigenvalue weighted by atomic mass is 32.2. The van der Waals surface area contributed by atoms with Gasteiger partial charge in [0.15, 0.2) is 11.5 Å². The largest absolute Gasteiger partial charge is 0.493 e. The van der Waals surface area contributed by atoms with E-state index in [9.17, 15) is 13.2 Å². The van der Waals surface area contributed by atoms with Gasteiger partial charge in [-0.25, -0.2) is 8.42 Å². The topological polar surface area (TPSA) is 84.9 Å². The summed E-state index contributed by atoms with van der Waals surface area (Å²) in [4.78, 5) is 13.4. The highest BCUT2D eigenvalue weighted by molar-refractivity contribution is 7.89. The number of amides is 1. The summed E-state index contributed by atoms with van der Waals surface area (Å²) in [6.07, 6.45) is 0. The van der Waals surface area contributed by atoms with Gasteiger partial charge in [-0.05, 0) is 62.1 Å². The molecule has 1 amide bonds. The lowest BCUT2D eigenvalue weighted by molar-refractivity contribution is -0.122. The molecule has 0 aromatic heterocycles. The summed E-state index contributed by atoms with van der Waals surface area (Å²) < 4.78 is 39.6. The number of carbonyl (C=O) groups excluding carboxylic acids is 1. The molecule has 0 radical (unpaired) electrons. The fourth-order valence-electron chi connectivity index (χ4n) is 4.37. The maximum Gasteiger partial charge on any atom is 0.244 e. The SMILES string of the molecule is COc1ccc([C@@H](C)NC(=O)CN(Cc2ccccc2)S(=O)(=O)c2c(C)cc(C)cc2C)cc1OC. The number of aryl methyl sites for hydroxylation is 3. The molecule has 0 saturated carbocycles. The second kappa shape index (κ2) is 11.6. The van der Waals surface area contributed by atoms with Crippen molar-refractivity contribution >= 4 is 15.9 Å². The third kappa shape index (κ3) is 6.25. The van der Waals surface area contributed by atoms with E-state index < -0.39 is 15.9 Å². The van der Waals surface area contributed by atoms with Crippen molar-refractivity contribution in [3.63, 3.8) is 0 Å². The van der Waals surface area contributed by atoms with Crippen molar-refractivity contribution in [1.29, 1.82) is 0 Å². The van der Waals surface area contributed by atoms with E-state index in [1.807, 2.05) is 62.4 Å². The van der Waals surface area contributed by atoms with Crippen molar-refractivity contribution in [3.8, 4) is 11.5 Å². The normalized spacial score (nSPS) is 12.3. The third-order valence-electron chi connectivity index (χ3n) is 6.01. The van der Waals surface area contributed by atoms with Crippen LogP contribution in [0.5, 0.6) is 11.5 Å². The van der Waals surface area contributed by atoms with Crippen LogP contribution in [0.1, 0.15) is 40.8 Å². The number of nitrogens with zero attached hydrogens (tertiary/aromatic N) is 1. The van der Waals surface area contributed by atoms with Crippen LogP contribution in [0.3, 0.4) is 0 Å². The Morgan fingerprint density at radius 1 is 0.917 bits per heavy atom. The molecule has 1 N–H and O–H groups in total.